The van der Waals surface area contributed by atoms with E-state index in [1.54, 1.807) is 6.92 Å². The fourth-order valence-corrected chi connectivity index (χ4v) is 1.82. The third kappa shape index (κ3) is 8.93. The van der Waals surface area contributed by atoms with Gasteiger partial charge in [0.2, 0.25) is 0 Å². The van der Waals surface area contributed by atoms with Gasteiger partial charge in [-0.15, -0.1) is 6.58 Å². The molecule has 2 unspecified atom stereocenters. The molecule has 0 spiro atoms. The molecule has 6 heteroatoms. The topological polar surface area (TPSA) is 63.6 Å². The fourth-order valence-electron chi connectivity index (χ4n) is 0.605. The van der Waals surface area contributed by atoms with Crippen molar-refractivity contribution in [1.82, 2.24) is 0 Å². The quantitative estimate of drug-likeness (QED) is 0.389. The number of rotatable bonds is 5. The second-order valence-corrected chi connectivity index (χ2v) is 4.25. The van der Waals surface area contributed by atoms with Crippen LogP contribution in [0.5, 0.6) is 0 Å². The molecule has 0 bridgehead atoms. The Morgan fingerprint density at radius 3 is 2.31 bits per heavy atom. The van der Waals surface area contributed by atoms with Crippen molar-refractivity contribution in [2.75, 3.05) is 5.75 Å². The van der Waals surface area contributed by atoms with Crippen LogP contribution in [0.3, 0.4) is 0 Å². The molecule has 0 aliphatic carbocycles. The molecule has 0 rings (SSSR count). The molecule has 0 aromatic rings. The van der Waals surface area contributed by atoms with Crippen molar-refractivity contribution >= 4 is 39.7 Å². The summed E-state index contributed by atoms with van der Waals surface area (Å²) in [5.74, 6) is -0.384. The van der Waals surface area contributed by atoms with E-state index in [0.717, 1.165) is 0 Å². The second kappa shape index (κ2) is 6.98. The van der Waals surface area contributed by atoms with Crippen LogP contribution in [0.25, 0.3) is 0 Å². The van der Waals surface area contributed by atoms with Crippen molar-refractivity contribution in [2.45, 2.75) is 26.1 Å². The van der Waals surface area contributed by atoms with Gasteiger partial charge in [0.05, 0.1) is 12.2 Å². The van der Waals surface area contributed by atoms with Crippen LogP contribution >= 0.6 is 0 Å². The van der Waals surface area contributed by atoms with Crippen molar-refractivity contribution in [1.29, 1.82) is 0 Å². The van der Waals surface area contributed by atoms with Gasteiger partial charge in [0.15, 0.2) is 0 Å². The van der Waals surface area contributed by atoms with Crippen LogP contribution in [-0.4, -0.2) is 61.0 Å². The van der Waals surface area contributed by atoms with Crippen LogP contribution in [0.4, 0.5) is 0 Å². The van der Waals surface area contributed by atoms with Gasteiger partial charge in [-0.3, -0.25) is 4.18 Å². The van der Waals surface area contributed by atoms with Crippen LogP contribution < -0.4 is 0 Å². The molecule has 74 valence electrons. The summed E-state index contributed by atoms with van der Waals surface area (Å²) in [4.78, 5) is 0. The molecule has 4 nitrogen and oxygen atoms in total. The third-order valence-corrected chi connectivity index (χ3v) is 2.56. The van der Waals surface area contributed by atoms with Gasteiger partial charge in [-0.1, -0.05) is 6.08 Å². The Hall–Kier alpha value is 0.610. The van der Waals surface area contributed by atoms with Crippen LogP contribution in [0.2, 0.25) is 0 Å². The van der Waals surface area contributed by atoms with E-state index < -0.39 is 22.3 Å². The summed E-state index contributed by atoms with van der Waals surface area (Å²) in [6.07, 6.45) is -0.0830. The molecule has 0 fully saturated rings. The summed E-state index contributed by atoms with van der Waals surface area (Å²) in [7, 11) is -3.61. The van der Waals surface area contributed by atoms with E-state index >= 15 is 0 Å². The first-order valence-electron chi connectivity index (χ1n) is 3.59. The normalized spacial score (nSPS) is 15.6. The monoisotopic (exact) mass is 218 g/mol. The van der Waals surface area contributed by atoms with E-state index in [9.17, 15) is 8.42 Å². The van der Waals surface area contributed by atoms with Gasteiger partial charge in [-0.2, -0.15) is 8.42 Å². The van der Waals surface area contributed by atoms with Crippen LogP contribution in [-0.2, 0) is 14.3 Å². The van der Waals surface area contributed by atoms with Crippen molar-refractivity contribution < 1.29 is 17.7 Å². The van der Waals surface area contributed by atoms with E-state index in [-0.39, 0.29) is 35.3 Å². The zero-order valence-electron chi connectivity index (χ0n) is 7.23. The van der Waals surface area contributed by atoms with E-state index in [4.69, 9.17) is 5.11 Å². The van der Waals surface area contributed by atoms with E-state index in [1.165, 1.54) is 13.0 Å². The minimum absolute atomic E-state index is 0. The number of aliphatic hydroxyl groups is 1. The first-order chi connectivity index (χ1) is 5.37. The Morgan fingerprint density at radius 1 is 1.54 bits per heavy atom. The molecular formula is C7H15NaO4S. The average molecular weight is 218 g/mol. The number of aliphatic hydroxyl groups excluding tert-OH is 1. The Labute approximate surface area is 101 Å². The summed E-state index contributed by atoms with van der Waals surface area (Å²) in [5.41, 5.74) is 0. The molecule has 0 aromatic heterocycles. The standard InChI is InChI=1S/C7H14O4S.Na.H/c1-4-7(3)11-12(9,10)5-6(2)8;;/h4,6-8H,1,5H2,2-3H3;;. The van der Waals surface area contributed by atoms with Gasteiger partial charge < -0.3 is 5.11 Å². The second-order valence-electron chi connectivity index (χ2n) is 2.61. The van der Waals surface area contributed by atoms with Crippen molar-refractivity contribution in [3.63, 3.8) is 0 Å². The SMILES string of the molecule is C=CC(C)OS(=O)(=O)CC(C)O.[NaH]. The molecular weight excluding hydrogens is 203 g/mol. The van der Waals surface area contributed by atoms with Gasteiger partial charge in [0.25, 0.3) is 10.1 Å². The van der Waals surface area contributed by atoms with E-state index in [0.29, 0.717) is 0 Å². The van der Waals surface area contributed by atoms with Crippen LogP contribution in [0.15, 0.2) is 12.7 Å². The molecule has 13 heavy (non-hydrogen) atoms. The van der Waals surface area contributed by atoms with E-state index in [2.05, 4.69) is 10.8 Å². The molecule has 1 N–H and O–H groups in total. The molecule has 0 amide bonds. The molecule has 0 aliphatic heterocycles. The Kier molecular flexibility index (Phi) is 8.61. The van der Waals surface area contributed by atoms with Crippen molar-refractivity contribution in [3.05, 3.63) is 12.7 Å². The molecule has 2 atom stereocenters. The number of hydrogen-bond acceptors (Lipinski definition) is 4. The summed E-state index contributed by atoms with van der Waals surface area (Å²) in [6.45, 7) is 6.32. The van der Waals surface area contributed by atoms with E-state index in [1.807, 2.05) is 0 Å². The third-order valence-electron chi connectivity index (χ3n) is 1.08. The minimum atomic E-state index is -3.61. The van der Waals surface area contributed by atoms with Gasteiger partial charge in [-0.05, 0) is 13.8 Å². The predicted molar refractivity (Wildman–Crippen MR) is 53.4 cm³/mol. The summed E-state index contributed by atoms with van der Waals surface area (Å²) >= 11 is 0. The van der Waals surface area contributed by atoms with Crippen molar-refractivity contribution in [2.24, 2.45) is 0 Å². The first-order valence-corrected chi connectivity index (χ1v) is 5.16. The number of hydrogen-bond donors (Lipinski definition) is 1. The van der Waals surface area contributed by atoms with Crippen LogP contribution in [0.1, 0.15) is 13.8 Å². The van der Waals surface area contributed by atoms with Gasteiger partial charge in [-0.25, -0.2) is 0 Å². The van der Waals surface area contributed by atoms with Crippen molar-refractivity contribution in [3.8, 4) is 0 Å². The Bertz CT molecular complexity index is 235. The molecule has 0 radical (unpaired) electrons. The first kappa shape index (κ1) is 16.1. The van der Waals surface area contributed by atoms with Crippen LogP contribution in [0, 0.1) is 0 Å². The average Bonchev–Trinajstić information content (AvgIpc) is 1.83. The predicted octanol–water partition coefficient (Wildman–Crippen LogP) is -0.360. The Morgan fingerprint density at radius 2 is 2.00 bits per heavy atom. The van der Waals surface area contributed by atoms with Gasteiger partial charge in [0.1, 0.15) is 5.75 Å². The fraction of sp³-hybridized carbons (Fsp3) is 0.714. The molecule has 0 aliphatic rings. The summed E-state index contributed by atoms with van der Waals surface area (Å²) in [6, 6.07) is 0. The zero-order chi connectivity index (χ0) is 9.78. The summed E-state index contributed by atoms with van der Waals surface area (Å²) < 4.78 is 26.6. The van der Waals surface area contributed by atoms with Gasteiger partial charge in [0, 0.05) is 0 Å². The maximum absolute atomic E-state index is 11.0. The van der Waals surface area contributed by atoms with Gasteiger partial charge >= 0.3 is 29.6 Å². The summed E-state index contributed by atoms with van der Waals surface area (Å²) in [5, 5.41) is 8.79. The Balaban J connectivity index is 0. The molecule has 0 aromatic carbocycles. The molecule has 0 saturated heterocycles. The molecule has 0 heterocycles. The zero-order valence-corrected chi connectivity index (χ0v) is 8.04. The maximum atomic E-state index is 11.0. The molecule has 0 saturated carbocycles.